The summed E-state index contributed by atoms with van der Waals surface area (Å²) in [5, 5.41) is 19.5. The fourth-order valence-electron chi connectivity index (χ4n) is 8.04. The zero-order valence-electron chi connectivity index (χ0n) is 28.9. The number of furan rings is 1. The number of hydrogen-bond acceptors (Lipinski definition) is 2. The Morgan fingerprint density at radius 3 is 1.61 bits per heavy atom. The third kappa shape index (κ3) is 4.85. The van der Waals surface area contributed by atoms with Gasteiger partial charge in [-0.05, 0) is 86.3 Å². The normalized spacial score (nSPS) is 12.2. The highest BCUT2D eigenvalue weighted by Gasteiger charge is 2.41. The summed E-state index contributed by atoms with van der Waals surface area (Å²) in [6.07, 6.45) is 0. The van der Waals surface area contributed by atoms with Crippen molar-refractivity contribution in [2.45, 2.75) is 26.2 Å². The molecular weight excluding hydrogens is 637 g/mol. The average Bonchev–Trinajstić information content (AvgIpc) is 3.70. The summed E-state index contributed by atoms with van der Waals surface area (Å²) in [5.41, 5.74) is 6.91. The van der Waals surface area contributed by atoms with E-state index < -0.39 is 8.07 Å². The van der Waals surface area contributed by atoms with E-state index in [2.05, 4.69) is 183 Å². The smallest absolute Gasteiger partial charge is 0.179 e. The highest BCUT2D eigenvalue weighted by Crippen LogP contribution is 2.37. The molecule has 2 aromatic heterocycles. The Hall–Kier alpha value is -6.15. The fraction of sp³-hybridized carbons (Fsp3) is 0.0851. The molecule has 0 radical (unpaired) electrons. The molecule has 0 fully saturated rings. The van der Waals surface area contributed by atoms with Crippen molar-refractivity contribution in [3.8, 4) is 11.8 Å². The Morgan fingerprint density at radius 2 is 1.04 bits per heavy atom. The average molecular weight is 673 g/mol. The van der Waals surface area contributed by atoms with E-state index in [1.807, 2.05) is 12.1 Å². The second-order valence-corrected chi connectivity index (χ2v) is 18.3. The zero-order chi connectivity index (χ0) is 34.7. The van der Waals surface area contributed by atoms with Crippen LogP contribution >= 0.6 is 0 Å². The molecule has 3 nitrogen and oxygen atoms in total. The maximum atomic E-state index is 9.81. The van der Waals surface area contributed by atoms with Crippen LogP contribution in [-0.4, -0.2) is 12.6 Å². The van der Waals surface area contributed by atoms with Crippen LogP contribution in [0.25, 0.3) is 49.4 Å². The van der Waals surface area contributed by atoms with Gasteiger partial charge in [0.25, 0.3) is 0 Å². The first-order valence-corrected chi connectivity index (χ1v) is 19.5. The number of hydrogen-bond donors (Lipinski definition) is 0. The molecule has 0 aliphatic carbocycles. The Kier molecular flexibility index (Phi) is 7.10. The second kappa shape index (κ2) is 11.7. The number of benzene rings is 7. The van der Waals surface area contributed by atoms with Crippen LogP contribution in [0, 0.1) is 11.3 Å². The molecule has 0 saturated heterocycles. The molecule has 0 bridgehead atoms. The molecule has 244 valence electrons. The lowest BCUT2D eigenvalue weighted by Gasteiger charge is -2.34. The van der Waals surface area contributed by atoms with Gasteiger partial charge in [-0.25, -0.2) is 0 Å². The van der Waals surface area contributed by atoms with Crippen molar-refractivity contribution in [1.29, 1.82) is 5.26 Å². The van der Waals surface area contributed by atoms with Crippen LogP contribution in [0.2, 0.25) is 0 Å². The van der Waals surface area contributed by atoms with Gasteiger partial charge in [-0.3, -0.25) is 0 Å². The number of rotatable bonds is 5. The highest BCUT2D eigenvalue weighted by molar-refractivity contribution is 7.20. The molecule has 0 amide bonds. The van der Waals surface area contributed by atoms with Gasteiger partial charge in [0, 0.05) is 27.2 Å². The second-order valence-electron chi connectivity index (χ2n) is 14.5. The zero-order valence-corrected chi connectivity index (χ0v) is 29.9. The summed E-state index contributed by atoms with van der Waals surface area (Å²) in [6.45, 7) is 6.72. The molecule has 51 heavy (non-hydrogen) atoms. The number of aromatic nitrogens is 1. The molecule has 0 aliphatic heterocycles. The molecule has 7 aromatic carbocycles. The molecular formula is C47H36N2OSi. The van der Waals surface area contributed by atoms with Crippen molar-refractivity contribution in [2.24, 2.45) is 0 Å². The number of fused-ring (bicyclic) bond motifs is 6. The first-order valence-electron chi connectivity index (χ1n) is 17.5. The largest absolute Gasteiger partial charge is 0.456 e. The van der Waals surface area contributed by atoms with Gasteiger partial charge >= 0.3 is 0 Å². The van der Waals surface area contributed by atoms with Crippen LogP contribution in [0.5, 0.6) is 0 Å². The van der Waals surface area contributed by atoms with E-state index in [1.54, 1.807) is 0 Å². The predicted octanol–water partition coefficient (Wildman–Crippen LogP) is 9.23. The Bertz CT molecular complexity index is 2690. The standard InChI is InChI=1S/C47H36N2OSi/c1-47(2,3)33-20-24-44-40(28-33)39-27-32(31-48)19-23-43(39)49(44)34-21-25-45-41(29-34)42-30-38(22-26-46(42)50-45)51(35-13-7-4-8-14-35,36-15-9-5-10-16-36)37-17-11-6-12-18-37/h4-30H,1-3H3. The minimum absolute atomic E-state index is 0.000434. The van der Waals surface area contributed by atoms with Gasteiger partial charge in [-0.15, -0.1) is 0 Å². The molecule has 0 atom stereocenters. The van der Waals surface area contributed by atoms with E-state index in [0.29, 0.717) is 5.56 Å². The van der Waals surface area contributed by atoms with Crippen molar-refractivity contribution in [2.75, 3.05) is 0 Å². The van der Waals surface area contributed by atoms with E-state index in [9.17, 15) is 5.26 Å². The summed E-state index contributed by atoms with van der Waals surface area (Å²) in [7, 11) is -2.72. The summed E-state index contributed by atoms with van der Waals surface area (Å²) >= 11 is 0. The van der Waals surface area contributed by atoms with Crippen LogP contribution in [0.15, 0.2) is 168 Å². The lowest BCUT2D eigenvalue weighted by molar-refractivity contribution is 0.591. The van der Waals surface area contributed by atoms with Gasteiger partial charge in [0.05, 0.1) is 22.7 Å². The van der Waals surface area contributed by atoms with E-state index in [-0.39, 0.29) is 5.41 Å². The van der Waals surface area contributed by atoms with E-state index in [4.69, 9.17) is 4.42 Å². The Balaban J connectivity index is 1.32. The van der Waals surface area contributed by atoms with Gasteiger partial charge in [0.15, 0.2) is 8.07 Å². The topological polar surface area (TPSA) is 41.9 Å². The molecule has 0 unspecified atom stereocenters. The van der Waals surface area contributed by atoms with Crippen molar-refractivity contribution < 1.29 is 4.42 Å². The third-order valence-corrected chi connectivity index (χ3v) is 15.3. The quantitative estimate of drug-likeness (QED) is 0.135. The summed E-state index contributed by atoms with van der Waals surface area (Å²) in [6, 6.07) is 61.6. The van der Waals surface area contributed by atoms with Crippen molar-refractivity contribution in [3.05, 3.63) is 175 Å². The Labute approximate surface area is 298 Å². The maximum absolute atomic E-state index is 9.81. The SMILES string of the molecule is CC(C)(C)c1ccc2c(c1)c1cc(C#N)ccc1n2-c1ccc2oc3ccc([Si](c4ccccc4)(c4ccccc4)c4ccccc4)cc3c2c1. The first kappa shape index (κ1) is 30.9. The summed E-state index contributed by atoms with van der Waals surface area (Å²) < 4.78 is 8.87. The van der Waals surface area contributed by atoms with E-state index in [1.165, 1.54) is 26.3 Å². The van der Waals surface area contributed by atoms with E-state index in [0.717, 1.165) is 49.4 Å². The molecule has 0 N–H and O–H groups in total. The molecule has 2 heterocycles. The lowest BCUT2D eigenvalue weighted by Crippen LogP contribution is -2.74. The molecule has 0 aliphatic rings. The van der Waals surface area contributed by atoms with Crippen LogP contribution in [-0.2, 0) is 5.41 Å². The summed E-state index contributed by atoms with van der Waals surface area (Å²) in [4.78, 5) is 0. The first-order chi connectivity index (χ1) is 24.9. The van der Waals surface area contributed by atoms with Crippen LogP contribution < -0.4 is 20.7 Å². The Morgan fingerprint density at radius 1 is 0.510 bits per heavy atom. The van der Waals surface area contributed by atoms with Gasteiger partial charge in [0.2, 0.25) is 0 Å². The minimum Gasteiger partial charge on any atom is -0.456 e. The van der Waals surface area contributed by atoms with E-state index >= 15 is 0 Å². The van der Waals surface area contributed by atoms with Crippen LogP contribution in [0.4, 0.5) is 0 Å². The lowest BCUT2D eigenvalue weighted by atomic mass is 9.86. The summed E-state index contributed by atoms with van der Waals surface area (Å²) in [5.74, 6) is 0. The van der Waals surface area contributed by atoms with Gasteiger partial charge in [0.1, 0.15) is 11.2 Å². The molecule has 0 spiro atoms. The fourth-order valence-corrected chi connectivity index (χ4v) is 12.8. The van der Waals surface area contributed by atoms with Crippen LogP contribution in [0.3, 0.4) is 0 Å². The minimum atomic E-state index is -2.72. The van der Waals surface area contributed by atoms with Crippen LogP contribution in [0.1, 0.15) is 31.9 Å². The molecule has 4 heteroatoms. The number of nitriles is 1. The molecule has 9 rings (SSSR count). The molecule has 9 aromatic rings. The highest BCUT2D eigenvalue weighted by atomic mass is 28.3. The van der Waals surface area contributed by atoms with Crippen molar-refractivity contribution in [1.82, 2.24) is 4.57 Å². The van der Waals surface area contributed by atoms with Gasteiger partial charge in [-0.2, -0.15) is 5.26 Å². The van der Waals surface area contributed by atoms with Gasteiger partial charge in [-0.1, -0.05) is 130 Å². The molecule has 0 saturated carbocycles. The van der Waals surface area contributed by atoms with Crippen molar-refractivity contribution in [3.63, 3.8) is 0 Å². The van der Waals surface area contributed by atoms with Gasteiger partial charge < -0.3 is 8.98 Å². The third-order valence-electron chi connectivity index (χ3n) is 10.5. The predicted molar refractivity (Wildman–Crippen MR) is 215 cm³/mol. The maximum Gasteiger partial charge on any atom is 0.179 e. The monoisotopic (exact) mass is 672 g/mol. The van der Waals surface area contributed by atoms with Crippen molar-refractivity contribution >= 4 is 72.6 Å². The number of nitrogens with zero attached hydrogens (tertiary/aromatic N) is 2.